The summed E-state index contributed by atoms with van der Waals surface area (Å²) in [5, 5.41) is 9.64. The maximum atomic E-state index is 13.6. The number of hydrogen-bond acceptors (Lipinski definition) is 5. The van der Waals surface area contributed by atoms with Gasteiger partial charge in [0.2, 0.25) is 11.8 Å². The van der Waals surface area contributed by atoms with Crippen molar-refractivity contribution in [1.29, 1.82) is 5.26 Å². The first-order chi connectivity index (χ1) is 10.2. The molecule has 102 valence electrons. The van der Waals surface area contributed by atoms with Crippen LogP contribution in [0.1, 0.15) is 5.56 Å². The van der Waals surface area contributed by atoms with Crippen molar-refractivity contribution in [3.8, 4) is 17.7 Å². The smallest absolute Gasteiger partial charge is 0.232 e. The van der Waals surface area contributed by atoms with Crippen molar-refractivity contribution in [2.45, 2.75) is 0 Å². The zero-order valence-electron chi connectivity index (χ0n) is 10.7. The molecule has 0 saturated heterocycles. The Balaban J connectivity index is 2.15. The number of anilines is 1. The van der Waals surface area contributed by atoms with Crippen LogP contribution in [-0.2, 0) is 0 Å². The lowest BCUT2D eigenvalue weighted by Gasteiger charge is -2.09. The molecular weight excluding hydrogens is 271 g/mol. The number of fused-ring (bicyclic) bond motifs is 1. The second-order valence-corrected chi connectivity index (χ2v) is 4.23. The molecular formula is C15H9FN4O. The molecule has 0 aliphatic carbocycles. The van der Waals surface area contributed by atoms with E-state index in [0.29, 0.717) is 10.9 Å². The van der Waals surface area contributed by atoms with E-state index in [2.05, 4.69) is 9.97 Å². The number of nitriles is 1. The van der Waals surface area contributed by atoms with E-state index in [1.54, 1.807) is 30.3 Å². The second-order valence-electron chi connectivity index (χ2n) is 4.23. The lowest BCUT2D eigenvalue weighted by molar-refractivity contribution is 0.462. The van der Waals surface area contributed by atoms with Crippen molar-refractivity contribution < 1.29 is 9.13 Å². The van der Waals surface area contributed by atoms with E-state index >= 15 is 0 Å². The van der Waals surface area contributed by atoms with Gasteiger partial charge in [-0.25, -0.2) is 9.37 Å². The Morgan fingerprint density at radius 3 is 2.71 bits per heavy atom. The van der Waals surface area contributed by atoms with Crippen LogP contribution in [0.3, 0.4) is 0 Å². The van der Waals surface area contributed by atoms with E-state index in [4.69, 9.17) is 15.7 Å². The van der Waals surface area contributed by atoms with Gasteiger partial charge in [-0.2, -0.15) is 10.2 Å². The third-order valence-corrected chi connectivity index (χ3v) is 2.88. The molecule has 1 aromatic heterocycles. The van der Waals surface area contributed by atoms with Crippen LogP contribution in [-0.4, -0.2) is 9.97 Å². The Kier molecular flexibility index (Phi) is 3.09. The highest BCUT2D eigenvalue weighted by Crippen LogP contribution is 2.30. The van der Waals surface area contributed by atoms with Crippen LogP contribution in [0.25, 0.3) is 10.9 Å². The van der Waals surface area contributed by atoms with Crippen LogP contribution in [0, 0.1) is 17.1 Å². The van der Waals surface area contributed by atoms with E-state index < -0.39 is 5.82 Å². The number of aromatic nitrogens is 2. The molecule has 0 aliphatic heterocycles. The Labute approximate surface area is 119 Å². The zero-order valence-corrected chi connectivity index (χ0v) is 10.7. The summed E-state index contributed by atoms with van der Waals surface area (Å²) < 4.78 is 19.2. The first-order valence-electron chi connectivity index (χ1n) is 6.08. The summed E-state index contributed by atoms with van der Waals surface area (Å²) in [6.45, 7) is 0. The average molecular weight is 280 g/mol. The predicted molar refractivity (Wildman–Crippen MR) is 75.1 cm³/mol. The summed E-state index contributed by atoms with van der Waals surface area (Å²) in [6, 6.07) is 13.0. The molecule has 0 unspecified atom stereocenters. The molecule has 2 aromatic carbocycles. The van der Waals surface area contributed by atoms with E-state index in [1.165, 1.54) is 18.2 Å². The Hall–Kier alpha value is -3.20. The number of ether oxygens (including phenoxy) is 1. The second kappa shape index (κ2) is 5.06. The lowest BCUT2D eigenvalue weighted by Crippen LogP contribution is -2.00. The van der Waals surface area contributed by atoms with Gasteiger partial charge in [-0.05, 0) is 24.3 Å². The Morgan fingerprint density at radius 1 is 1.10 bits per heavy atom. The summed E-state index contributed by atoms with van der Waals surface area (Å²) in [7, 11) is 0. The topological polar surface area (TPSA) is 84.8 Å². The molecule has 2 N–H and O–H groups in total. The molecule has 3 aromatic rings. The monoisotopic (exact) mass is 280 g/mol. The molecule has 5 nitrogen and oxygen atoms in total. The van der Waals surface area contributed by atoms with Gasteiger partial charge in [0.05, 0.1) is 10.9 Å². The molecule has 0 aliphatic rings. The van der Waals surface area contributed by atoms with E-state index in [9.17, 15) is 4.39 Å². The minimum atomic E-state index is -0.652. The van der Waals surface area contributed by atoms with Crippen molar-refractivity contribution >= 4 is 16.9 Å². The van der Waals surface area contributed by atoms with Gasteiger partial charge in [-0.1, -0.05) is 18.2 Å². The molecule has 0 saturated carbocycles. The fourth-order valence-corrected chi connectivity index (χ4v) is 1.94. The summed E-state index contributed by atoms with van der Waals surface area (Å²) in [5.74, 6) is -0.346. The quantitative estimate of drug-likeness (QED) is 0.779. The van der Waals surface area contributed by atoms with Gasteiger partial charge in [0.15, 0.2) is 0 Å². The fraction of sp³-hybridized carbons (Fsp3) is 0. The minimum absolute atomic E-state index is 0.0404. The lowest BCUT2D eigenvalue weighted by atomic mass is 10.2. The van der Waals surface area contributed by atoms with Crippen LogP contribution < -0.4 is 10.5 Å². The van der Waals surface area contributed by atoms with Crippen molar-refractivity contribution in [1.82, 2.24) is 9.97 Å². The third kappa shape index (κ3) is 2.32. The molecule has 0 radical (unpaired) electrons. The molecule has 0 spiro atoms. The van der Waals surface area contributed by atoms with Crippen LogP contribution in [0.4, 0.5) is 10.3 Å². The van der Waals surface area contributed by atoms with E-state index in [0.717, 1.165) is 0 Å². The number of hydrogen-bond donors (Lipinski definition) is 1. The summed E-state index contributed by atoms with van der Waals surface area (Å²) >= 11 is 0. The molecule has 21 heavy (non-hydrogen) atoms. The number of nitrogen functional groups attached to an aromatic ring is 1. The van der Waals surface area contributed by atoms with Crippen molar-refractivity contribution in [3.05, 3.63) is 53.8 Å². The predicted octanol–water partition coefficient (Wildman–Crippen LogP) is 3.02. The van der Waals surface area contributed by atoms with Crippen LogP contribution >= 0.6 is 0 Å². The summed E-state index contributed by atoms with van der Waals surface area (Å²) in [6.07, 6.45) is 0. The van der Waals surface area contributed by atoms with Gasteiger partial charge in [0.1, 0.15) is 23.2 Å². The fourth-order valence-electron chi connectivity index (χ4n) is 1.94. The number of rotatable bonds is 2. The maximum absolute atomic E-state index is 13.6. The average Bonchev–Trinajstić information content (AvgIpc) is 2.47. The minimum Gasteiger partial charge on any atom is -0.437 e. The highest BCUT2D eigenvalue weighted by atomic mass is 19.1. The number of nitrogens with two attached hydrogens (primary N) is 1. The largest absolute Gasteiger partial charge is 0.437 e. The van der Waals surface area contributed by atoms with E-state index in [1.807, 2.05) is 0 Å². The first-order valence-corrected chi connectivity index (χ1v) is 6.08. The van der Waals surface area contributed by atoms with Crippen LogP contribution in [0.15, 0.2) is 42.5 Å². The number of benzene rings is 2. The summed E-state index contributed by atoms with van der Waals surface area (Å²) in [5.41, 5.74) is 6.06. The summed E-state index contributed by atoms with van der Waals surface area (Å²) in [4.78, 5) is 8.10. The molecule has 3 rings (SSSR count). The molecule has 0 amide bonds. The standard InChI is InChI=1S/C15H9FN4O/c16-11-5-3-7-13(10(11)8-17)21-14-9-4-1-2-6-12(9)19-15(18)20-14/h1-7H,(H2,18,19,20). The van der Waals surface area contributed by atoms with Gasteiger partial charge >= 0.3 is 0 Å². The Morgan fingerprint density at radius 2 is 1.90 bits per heavy atom. The van der Waals surface area contributed by atoms with Gasteiger partial charge < -0.3 is 10.5 Å². The van der Waals surface area contributed by atoms with Crippen LogP contribution in [0.2, 0.25) is 0 Å². The molecule has 0 fully saturated rings. The number of para-hydroxylation sites is 1. The molecule has 0 atom stereocenters. The van der Waals surface area contributed by atoms with Crippen molar-refractivity contribution in [2.24, 2.45) is 0 Å². The number of nitrogens with zero attached hydrogens (tertiary/aromatic N) is 3. The maximum Gasteiger partial charge on any atom is 0.232 e. The Bertz CT molecular complexity index is 873. The normalized spacial score (nSPS) is 10.3. The van der Waals surface area contributed by atoms with Gasteiger partial charge in [0, 0.05) is 0 Å². The first kappa shape index (κ1) is 12.8. The molecule has 6 heteroatoms. The molecule has 0 bridgehead atoms. The van der Waals surface area contributed by atoms with Gasteiger partial charge in [-0.15, -0.1) is 0 Å². The van der Waals surface area contributed by atoms with E-state index in [-0.39, 0.29) is 23.1 Å². The van der Waals surface area contributed by atoms with Gasteiger partial charge in [-0.3, -0.25) is 0 Å². The molecule has 1 heterocycles. The van der Waals surface area contributed by atoms with Crippen molar-refractivity contribution in [2.75, 3.05) is 5.73 Å². The number of halogens is 1. The zero-order chi connectivity index (χ0) is 14.8. The van der Waals surface area contributed by atoms with Crippen molar-refractivity contribution in [3.63, 3.8) is 0 Å². The third-order valence-electron chi connectivity index (χ3n) is 2.88. The SMILES string of the molecule is N#Cc1c(F)cccc1Oc1nc(N)nc2ccccc12. The van der Waals surface area contributed by atoms with Gasteiger partial charge in [0.25, 0.3) is 0 Å². The van der Waals surface area contributed by atoms with Crippen LogP contribution in [0.5, 0.6) is 11.6 Å². The highest BCUT2D eigenvalue weighted by Gasteiger charge is 2.13. The highest BCUT2D eigenvalue weighted by molar-refractivity contribution is 5.84.